The second-order valence-corrected chi connectivity index (χ2v) is 6.79. The first-order valence-electron chi connectivity index (χ1n) is 8.93. The van der Waals surface area contributed by atoms with Crippen molar-refractivity contribution in [2.75, 3.05) is 27.2 Å². The number of furan rings is 1. The van der Waals surface area contributed by atoms with Gasteiger partial charge in [-0.05, 0) is 50.2 Å². The van der Waals surface area contributed by atoms with Crippen molar-refractivity contribution in [3.8, 4) is 0 Å². The molecule has 1 aromatic carbocycles. The summed E-state index contributed by atoms with van der Waals surface area (Å²) in [6.07, 6.45) is 4.16. The van der Waals surface area contributed by atoms with Gasteiger partial charge in [-0.15, -0.1) is 0 Å². The molecule has 0 aliphatic carbocycles. The Hall–Kier alpha value is -2.11. The van der Waals surface area contributed by atoms with Crippen molar-refractivity contribution in [3.05, 3.63) is 59.0 Å². The minimum atomic E-state index is -0.0211. The van der Waals surface area contributed by atoms with Gasteiger partial charge in [0.25, 0.3) is 5.91 Å². The summed E-state index contributed by atoms with van der Waals surface area (Å²) in [5.41, 5.74) is 3.07. The number of amides is 1. The van der Waals surface area contributed by atoms with Gasteiger partial charge in [0.15, 0.2) is 0 Å². The van der Waals surface area contributed by atoms with Gasteiger partial charge in [0, 0.05) is 20.1 Å². The maximum atomic E-state index is 12.5. The molecule has 2 aromatic rings. The molecule has 134 valence electrons. The van der Waals surface area contributed by atoms with E-state index in [1.165, 1.54) is 37.8 Å². The molecule has 0 spiro atoms. The van der Waals surface area contributed by atoms with Crippen LogP contribution in [-0.4, -0.2) is 42.9 Å². The molecule has 1 saturated heterocycles. The highest BCUT2D eigenvalue weighted by Crippen LogP contribution is 2.15. The van der Waals surface area contributed by atoms with E-state index in [-0.39, 0.29) is 5.91 Å². The molecular formula is C20H27N3O2. The molecule has 1 amide bonds. The number of nitrogens with zero attached hydrogens (tertiary/aromatic N) is 2. The second kappa shape index (κ2) is 8.32. The van der Waals surface area contributed by atoms with Gasteiger partial charge in [-0.25, -0.2) is 0 Å². The van der Waals surface area contributed by atoms with E-state index in [1.54, 1.807) is 11.0 Å². The molecule has 1 aromatic heterocycles. The van der Waals surface area contributed by atoms with E-state index in [0.717, 1.165) is 17.9 Å². The highest BCUT2D eigenvalue weighted by atomic mass is 16.3. The number of benzene rings is 1. The zero-order valence-corrected chi connectivity index (χ0v) is 15.1. The number of carbonyl (C=O) groups is 1. The van der Waals surface area contributed by atoms with E-state index in [1.807, 2.05) is 14.1 Å². The standard InChI is InChI=1S/C20H27N3O2/c1-21-12-19-11-18(15-25-19)20(24)22(2)13-16-5-7-17(8-6-16)14-23-9-3-4-10-23/h5-8,11,15,21H,3-4,9-10,12-14H2,1-2H3. The average molecular weight is 341 g/mol. The summed E-state index contributed by atoms with van der Waals surface area (Å²) >= 11 is 0. The highest BCUT2D eigenvalue weighted by molar-refractivity contribution is 5.93. The van der Waals surface area contributed by atoms with Crippen LogP contribution in [0.15, 0.2) is 41.0 Å². The van der Waals surface area contributed by atoms with Crippen LogP contribution in [0.5, 0.6) is 0 Å². The maximum Gasteiger partial charge on any atom is 0.257 e. The predicted molar refractivity (Wildman–Crippen MR) is 98.2 cm³/mol. The summed E-state index contributed by atoms with van der Waals surface area (Å²) in [5, 5.41) is 3.01. The molecule has 25 heavy (non-hydrogen) atoms. The quantitative estimate of drug-likeness (QED) is 0.841. The largest absolute Gasteiger partial charge is 0.467 e. The lowest BCUT2D eigenvalue weighted by Crippen LogP contribution is -2.25. The maximum absolute atomic E-state index is 12.5. The topological polar surface area (TPSA) is 48.7 Å². The minimum absolute atomic E-state index is 0.0211. The SMILES string of the molecule is CNCc1cc(C(=O)N(C)Cc2ccc(CN3CCCC3)cc2)co1. The molecule has 3 rings (SSSR count). The lowest BCUT2D eigenvalue weighted by Gasteiger charge is -2.17. The fraction of sp³-hybridized carbons (Fsp3) is 0.450. The number of rotatable bonds is 7. The summed E-state index contributed by atoms with van der Waals surface area (Å²) in [6, 6.07) is 10.4. The van der Waals surface area contributed by atoms with Crippen LogP contribution in [0, 0.1) is 0 Å². The number of carbonyl (C=O) groups excluding carboxylic acids is 1. The van der Waals surface area contributed by atoms with Crippen LogP contribution in [0.3, 0.4) is 0 Å². The third-order valence-corrected chi connectivity index (χ3v) is 4.65. The molecule has 1 aliphatic heterocycles. The van der Waals surface area contributed by atoms with Crippen LogP contribution < -0.4 is 5.32 Å². The fourth-order valence-corrected chi connectivity index (χ4v) is 3.27. The summed E-state index contributed by atoms with van der Waals surface area (Å²) in [5.74, 6) is 0.748. The first kappa shape index (κ1) is 17.7. The first-order valence-corrected chi connectivity index (χ1v) is 8.93. The molecular weight excluding hydrogens is 314 g/mol. The third-order valence-electron chi connectivity index (χ3n) is 4.65. The Kier molecular flexibility index (Phi) is 5.89. The molecule has 2 heterocycles. The van der Waals surface area contributed by atoms with E-state index in [2.05, 4.69) is 34.5 Å². The third kappa shape index (κ3) is 4.71. The van der Waals surface area contributed by atoms with Gasteiger partial charge in [-0.1, -0.05) is 24.3 Å². The van der Waals surface area contributed by atoms with Crippen LogP contribution in [0.25, 0.3) is 0 Å². The Bertz CT molecular complexity index is 687. The summed E-state index contributed by atoms with van der Waals surface area (Å²) in [6.45, 7) is 4.65. The van der Waals surface area contributed by atoms with Crippen molar-refractivity contribution in [2.24, 2.45) is 0 Å². The molecule has 5 heteroatoms. The second-order valence-electron chi connectivity index (χ2n) is 6.79. The Balaban J connectivity index is 1.55. The molecule has 1 N–H and O–H groups in total. The molecule has 1 fully saturated rings. The number of hydrogen-bond donors (Lipinski definition) is 1. The van der Waals surface area contributed by atoms with Crippen LogP contribution in [0.1, 0.15) is 40.1 Å². The number of nitrogens with one attached hydrogen (secondary N) is 1. The Morgan fingerprint density at radius 3 is 2.56 bits per heavy atom. The lowest BCUT2D eigenvalue weighted by atomic mass is 10.1. The van der Waals surface area contributed by atoms with Gasteiger partial charge in [0.05, 0.1) is 12.1 Å². The smallest absolute Gasteiger partial charge is 0.257 e. The number of hydrogen-bond acceptors (Lipinski definition) is 4. The van der Waals surface area contributed by atoms with Crippen LogP contribution >= 0.6 is 0 Å². The molecule has 5 nitrogen and oxygen atoms in total. The Morgan fingerprint density at radius 2 is 1.88 bits per heavy atom. The zero-order valence-electron chi connectivity index (χ0n) is 15.1. The summed E-state index contributed by atoms with van der Waals surface area (Å²) in [4.78, 5) is 16.7. The minimum Gasteiger partial charge on any atom is -0.467 e. The van der Waals surface area contributed by atoms with Crippen molar-refractivity contribution >= 4 is 5.91 Å². The Labute approximate surface area is 149 Å². The Morgan fingerprint density at radius 1 is 1.20 bits per heavy atom. The van der Waals surface area contributed by atoms with E-state index >= 15 is 0 Å². The fourth-order valence-electron chi connectivity index (χ4n) is 3.27. The molecule has 0 atom stereocenters. The first-order chi connectivity index (χ1) is 12.2. The van der Waals surface area contributed by atoms with Gasteiger partial charge in [-0.2, -0.15) is 0 Å². The molecule has 1 aliphatic rings. The van der Waals surface area contributed by atoms with Gasteiger partial charge in [-0.3, -0.25) is 9.69 Å². The van der Waals surface area contributed by atoms with Gasteiger partial charge >= 0.3 is 0 Å². The molecule has 0 bridgehead atoms. The van der Waals surface area contributed by atoms with E-state index in [9.17, 15) is 4.79 Å². The van der Waals surface area contributed by atoms with Crippen LogP contribution in [-0.2, 0) is 19.6 Å². The monoisotopic (exact) mass is 341 g/mol. The van der Waals surface area contributed by atoms with Gasteiger partial charge in [0.1, 0.15) is 12.0 Å². The zero-order chi connectivity index (χ0) is 17.6. The molecule has 0 saturated carbocycles. The highest BCUT2D eigenvalue weighted by Gasteiger charge is 2.15. The lowest BCUT2D eigenvalue weighted by molar-refractivity contribution is 0.0784. The molecule has 0 unspecified atom stereocenters. The molecule has 0 radical (unpaired) electrons. The van der Waals surface area contributed by atoms with Gasteiger partial charge in [0.2, 0.25) is 0 Å². The predicted octanol–water partition coefficient (Wildman–Crippen LogP) is 2.87. The van der Waals surface area contributed by atoms with Crippen molar-refractivity contribution in [3.63, 3.8) is 0 Å². The normalized spacial score (nSPS) is 14.8. The summed E-state index contributed by atoms with van der Waals surface area (Å²) < 4.78 is 5.39. The van der Waals surface area contributed by atoms with E-state index in [0.29, 0.717) is 18.7 Å². The van der Waals surface area contributed by atoms with E-state index < -0.39 is 0 Å². The van der Waals surface area contributed by atoms with Gasteiger partial charge < -0.3 is 14.6 Å². The van der Waals surface area contributed by atoms with Crippen molar-refractivity contribution in [1.29, 1.82) is 0 Å². The average Bonchev–Trinajstić information content (AvgIpc) is 3.28. The van der Waals surface area contributed by atoms with Crippen molar-refractivity contribution < 1.29 is 9.21 Å². The van der Waals surface area contributed by atoms with Crippen LogP contribution in [0.4, 0.5) is 0 Å². The number of likely N-dealkylation sites (tertiary alicyclic amines) is 1. The summed E-state index contributed by atoms with van der Waals surface area (Å²) in [7, 11) is 3.68. The van der Waals surface area contributed by atoms with E-state index in [4.69, 9.17) is 4.42 Å². The van der Waals surface area contributed by atoms with Crippen molar-refractivity contribution in [1.82, 2.24) is 15.1 Å². The van der Waals surface area contributed by atoms with Crippen molar-refractivity contribution in [2.45, 2.75) is 32.5 Å². The van der Waals surface area contributed by atoms with Crippen LogP contribution in [0.2, 0.25) is 0 Å².